The molecule has 3 aliphatic heterocycles. The Morgan fingerprint density at radius 1 is 1.42 bits per heavy atom. The number of carbonyl (C=O) groups is 1. The van der Waals surface area contributed by atoms with E-state index >= 15 is 0 Å². The van der Waals surface area contributed by atoms with Crippen LogP contribution in [0.4, 0.5) is 0 Å². The van der Waals surface area contributed by atoms with Crippen LogP contribution in [0.2, 0.25) is 0 Å². The standard InChI is InChI=1S/C20H24N2O2.C5H10O2/c1-3-13-12-22-9-7-14(13)10-19(22)20(23)16-6-8-21-18-5-4-15(24-2)11-17(16)18;1-2-3-4-5(6)7/h3-6,8,11,13-14,19-20,23H,1,7,9-10,12H2,2H3;2-4H2,1H3,(H,6,7). The molecule has 2 aromatic rings. The number of rotatable bonds is 7. The van der Waals surface area contributed by atoms with Gasteiger partial charge in [-0.25, -0.2) is 0 Å². The molecule has 0 radical (unpaired) electrons. The summed E-state index contributed by atoms with van der Waals surface area (Å²) in [4.78, 5) is 16.6. The number of pyridine rings is 1. The van der Waals surface area contributed by atoms with Crippen molar-refractivity contribution in [2.24, 2.45) is 11.8 Å². The van der Waals surface area contributed by atoms with E-state index in [1.165, 1.54) is 6.42 Å². The molecule has 2 bridgehead atoms. The third kappa shape index (κ3) is 5.43. The van der Waals surface area contributed by atoms with Gasteiger partial charge in [0, 0.05) is 30.6 Å². The third-order valence-corrected chi connectivity index (χ3v) is 6.56. The molecule has 168 valence electrons. The summed E-state index contributed by atoms with van der Waals surface area (Å²) in [5.41, 5.74) is 1.85. The van der Waals surface area contributed by atoms with Crippen LogP contribution in [0, 0.1) is 11.8 Å². The minimum absolute atomic E-state index is 0.178. The second-order valence-electron chi connectivity index (χ2n) is 8.47. The number of methoxy groups -OCH3 is 1. The molecule has 4 heterocycles. The first kappa shape index (κ1) is 23.2. The van der Waals surface area contributed by atoms with Crippen LogP contribution in [-0.4, -0.2) is 52.3 Å². The van der Waals surface area contributed by atoms with Gasteiger partial charge in [-0.15, -0.1) is 6.58 Å². The molecule has 6 nitrogen and oxygen atoms in total. The van der Waals surface area contributed by atoms with Crippen LogP contribution in [0.5, 0.6) is 5.75 Å². The molecule has 5 rings (SSSR count). The zero-order valence-electron chi connectivity index (χ0n) is 18.5. The van der Waals surface area contributed by atoms with Crippen molar-refractivity contribution in [3.63, 3.8) is 0 Å². The molecule has 2 N–H and O–H groups in total. The van der Waals surface area contributed by atoms with Gasteiger partial charge in [-0.1, -0.05) is 19.4 Å². The van der Waals surface area contributed by atoms with E-state index in [9.17, 15) is 9.90 Å². The molecule has 5 atom stereocenters. The fourth-order valence-corrected chi connectivity index (χ4v) is 4.77. The normalized spacial score (nSPS) is 25.4. The number of ether oxygens (including phenoxy) is 1. The van der Waals surface area contributed by atoms with Crippen LogP contribution >= 0.6 is 0 Å². The first-order chi connectivity index (χ1) is 15.0. The summed E-state index contributed by atoms with van der Waals surface area (Å²) in [6.45, 7) is 8.04. The van der Waals surface area contributed by atoms with E-state index in [1.54, 1.807) is 13.3 Å². The fraction of sp³-hybridized carbons (Fsp3) is 0.520. The highest BCUT2D eigenvalue weighted by Gasteiger charge is 2.42. The van der Waals surface area contributed by atoms with Crippen molar-refractivity contribution in [3.05, 3.63) is 48.7 Å². The average Bonchev–Trinajstić information content (AvgIpc) is 2.82. The number of benzene rings is 1. The predicted molar refractivity (Wildman–Crippen MR) is 122 cm³/mol. The topological polar surface area (TPSA) is 82.9 Å². The summed E-state index contributed by atoms with van der Waals surface area (Å²) in [6, 6.07) is 7.96. The number of unbranched alkanes of at least 4 members (excludes halogenated alkanes) is 1. The number of aliphatic carboxylic acids is 1. The van der Waals surface area contributed by atoms with E-state index in [4.69, 9.17) is 9.84 Å². The van der Waals surface area contributed by atoms with Crippen LogP contribution in [0.25, 0.3) is 10.9 Å². The second kappa shape index (κ2) is 10.7. The molecule has 3 saturated heterocycles. The zero-order chi connectivity index (χ0) is 22.4. The van der Waals surface area contributed by atoms with Crippen molar-refractivity contribution < 1.29 is 19.7 Å². The molecule has 0 saturated carbocycles. The molecule has 3 fully saturated rings. The van der Waals surface area contributed by atoms with Crippen molar-refractivity contribution in [1.82, 2.24) is 9.88 Å². The first-order valence-electron chi connectivity index (χ1n) is 11.2. The molecule has 1 aromatic carbocycles. The fourth-order valence-electron chi connectivity index (χ4n) is 4.77. The lowest BCUT2D eigenvalue weighted by molar-refractivity contribution is -0.137. The number of carboxylic acid groups (broad SMARTS) is 1. The van der Waals surface area contributed by atoms with Crippen LogP contribution in [-0.2, 0) is 4.79 Å². The number of hydrogen-bond acceptors (Lipinski definition) is 5. The van der Waals surface area contributed by atoms with Gasteiger partial charge in [0.1, 0.15) is 5.75 Å². The monoisotopic (exact) mass is 426 g/mol. The summed E-state index contributed by atoms with van der Waals surface area (Å²) in [7, 11) is 1.66. The second-order valence-corrected chi connectivity index (χ2v) is 8.47. The Balaban J connectivity index is 0.000000339. The molecule has 1 aromatic heterocycles. The largest absolute Gasteiger partial charge is 0.497 e. The molecule has 31 heavy (non-hydrogen) atoms. The molecule has 6 heteroatoms. The SMILES string of the molecule is C=CC1CN2CCC1CC2C(O)c1ccnc2ccc(OC)cc12.CCCCC(=O)O. The smallest absolute Gasteiger partial charge is 0.303 e. The minimum atomic E-state index is -0.693. The molecule has 3 aliphatic rings. The van der Waals surface area contributed by atoms with E-state index < -0.39 is 12.1 Å². The lowest BCUT2D eigenvalue weighted by Crippen LogP contribution is -2.54. The highest BCUT2D eigenvalue weighted by atomic mass is 16.5. The van der Waals surface area contributed by atoms with Gasteiger partial charge in [-0.3, -0.25) is 14.7 Å². The molecule has 0 spiro atoms. The summed E-state index contributed by atoms with van der Waals surface area (Å²) in [6.07, 6.45) is 7.70. The quantitative estimate of drug-likeness (QED) is 0.637. The number of aromatic nitrogens is 1. The van der Waals surface area contributed by atoms with Gasteiger partial charge in [-0.2, -0.15) is 0 Å². The third-order valence-electron chi connectivity index (χ3n) is 6.56. The average molecular weight is 427 g/mol. The van der Waals surface area contributed by atoms with Crippen molar-refractivity contribution in [3.8, 4) is 5.75 Å². The summed E-state index contributed by atoms with van der Waals surface area (Å²) in [5.74, 6) is 1.31. The Morgan fingerprint density at radius 2 is 2.23 bits per heavy atom. The lowest BCUT2D eigenvalue weighted by Gasteiger charge is -2.50. The summed E-state index contributed by atoms with van der Waals surface area (Å²) >= 11 is 0. The van der Waals surface area contributed by atoms with Crippen molar-refractivity contribution >= 4 is 16.9 Å². The molecular weight excluding hydrogens is 392 g/mol. The van der Waals surface area contributed by atoms with Crippen molar-refractivity contribution in [1.29, 1.82) is 0 Å². The van der Waals surface area contributed by atoms with Gasteiger partial charge < -0.3 is 14.9 Å². The van der Waals surface area contributed by atoms with Crippen molar-refractivity contribution in [2.75, 3.05) is 20.2 Å². The highest BCUT2D eigenvalue weighted by Crippen LogP contribution is 2.42. The number of aliphatic hydroxyl groups is 1. The number of hydrogen-bond donors (Lipinski definition) is 2. The van der Waals surface area contributed by atoms with Gasteiger partial charge in [0.2, 0.25) is 0 Å². The number of piperidine rings is 3. The van der Waals surface area contributed by atoms with Gasteiger partial charge >= 0.3 is 5.97 Å². The van der Waals surface area contributed by atoms with Crippen LogP contribution < -0.4 is 4.74 Å². The Kier molecular flexibility index (Phi) is 8.04. The van der Waals surface area contributed by atoms with E-state index in [2.05, 4.69) is 22.5 Å². The molecule has 5 unspecified atom stereocenters. The number of carboxylic acids is 1. The van der Waals surface area contributed by atoms with Crippen LogP contribution in [0.15, 0.2) is 43.1 Å². The summed E-state index contributed by atoms with van der Waals surface area (Å²) in [5, 5.41) is 20.2. The lowest BCUT2D eigenvalue weighted by atomic mass is 9.73. The first-order valence-corrected chi connectivity index (χ1v) is 11.2. The Hall–Kier alpha value is -2.44. The van der Waals surface area contributed by atoms with Gasteiger partial charge in [0.25, 0.3) is 0 Å². The number of fused-ring (bicyclic) bond motifs is 4. The predicted octanol–water partition coefficient (Wildman–Crippen LogP) is 4.43. The maximum Gasteiger partial charge on any atom is 0.303 e. The highest BCUT2D eigenvalue weighted by molar-refractivity contribution is 5.84. The van der Waals surface area contributed by atoms with Crippen LogP contribution in [0.1, 0.15) is 50.7 Å². The van der Waals surface area contributed by atoms with Crippen molar-refractivity contribution in [2.45, 2.75) is 51.2 Å². The van der Waals surface area contributed by atoms with Gasteiger partial charge in [0.15, 0.2) is 0 Å². The van der Waals surface area contributed by atoms with E-state index in [1.807, 2.05) is 31.2 Å². The van der Waals surface area contributed by atoms with Gasteiger partial charge in [-0.05, 0) is 67.5 Å². The maximum absolute atomic E-state index is 11.2. The Bertz CT molecular complexity index is 900. The maximum atomic E-state index is 11.2. The van der Waals surface area contributed by atoms with E-state index in [-0.39, 0.29) is 6.04 Å². The zero-order valence-corrected chi connectivity index (χ0v) is 18.5. The molecule has 0 amide bonds. The van der Waals surface area contributed by atoms with E-state index in [0.29, 0.717) is 18.3 Å². The molecular formula is C25H34N2O4. The van der Waals surface area contributed by atoms with Gasteiger partial charge in [0.05, 0.1) is 18.7 Å². The van der Waals surface area contributed by atoms with Crippen LogP contribution in [0.3, 0.4) is 0 Å². The Labute approximate surface area is 184 Å². The number of nitrogens with zero attached hydrogens (tertiary/aromatic N) is 2. The minimum Gasteiger partial charge on any atom is -0.497 e. The number of aliphatic hydroxyl groups excluding tert-OH is 1. The summed E-state index contributed by atoms with van der Waals surface area (Å²) < 4.78 is 5.35. The molecule has 0 aliphatic carbocycles. The van der Waals surface area contributed by atoms with E-state index in [0.717, 1.165) is 54.6 Å². The Morgan fingerprint density at radius 3 is 2.81 bits per heavy atom.